The molecule has 2 nitrogen and oxygen atoms in total. The number of hydrogen-bond acceptors (Lipinski definition) is 2. The van der Waals surface area contributed by atoms with E-state index in [-0.39, 0.29) is 10.8 Å². The summed E-state index contributed by atoms with van der Waals surface area (Å²) in [7, 11) is 0. The first-order chi connectivity index (χ1) is 34.0. The standard InChI is InChI=1S/C68H56N2/c1-45-17-29-55(30-18-45)69(53-13-9-7-10-14-53)56-31-20-48(21-32-56)51-27-39-61-62-40-28-52(44-66(62)68(5,6)65(61)43-51)49-24-35-58(36-25-49)70(54-15-11-8-12-16-54)57-33-22-47(23-34-57)50-26-38-60-59-37-19-46(2)41-63(59)67(3,4)64(60)42-50/h7-44H,1-6H3. The number of anilines is 6. The van der Waals surface area contributed by atoms with Gasteiger partial charge in [0, 0.05) is 45.0 Å². The highest BCUT2D eigenvalue weighted by Gasteiger charge is 2.37. The second-order valence-electron chi connectivity index (χ2n) is 20.4. The molecule has 0 saturated heterocycles. The van der Waals surface area contributed by atoms with Crippen LogP contribution < -0.4 is 9.80 Å². The second-order valence-corrected chi connectivity index (χ2v) is 20.4. The molecular formula is C68H56N2. The number of benzene rings is 10. The summed E-state index contributed by atoms with van der Waals surface area (Å²) in [5.74, 6) is 0. The Morgan fingerprint density at radius 3 is 0.843 bits per heavy atom. The number of hydrogen-bond donors (Lipinski definition) is 0. The molecule has 0 bridgehead atoms. The van der Waals surface area contributed by atoms with Gasteiger partial charge in [-0.1, -0.05) is 178 Å². The summed E-state index contributed by atoms with van der Waals surface area (Å²) in [5.41, 5.74) is 27.4. The molecule has 0 fully saturated rings. The summed E-state index contributed by atoms with van der Waals surface area (Å²) < 4.78 is 0. The lowest BCUT2D eigenvalue weighted by Crippen LogP contribution is -2.15. The van der Waals surface area contributed by atoms with Crippen molar-refractivity contribution in [3.63, 3.8) is 0 Å². The number of nitrogens with zero attached hydrogens (tertiary/aromatic N) is 2. The van der Waals surface area contributed by atoms with Crippen molar-refractivity contribution in [2.75, 3.05) is 9.80 Å². The summed E-state index contributed by atoms with van der Waals surface area (Å²) in [5, 5.41) is 0. The zero-order valence-electron chi connectivity index (χ0n) is 40.8. The van der Waals surface area contributed by atoms with Crippen LogP contribution in [0.2, 0.25) is 0 Å². The number of rotatable bonds is 9. The number of aryl methyl sites for hydroxylation is 2. The predicted molar refractivity (Wildman–Crippen MR) is 297 cm³/mol. The minimum absolute atomic E-state index is 0.0433. The van der Waals surface area contributed by atoms with Crippen LogP contribution >= 0.6 is 0 Å². The van der Waals surface area contributed by atoms with Crippen molar-refractivity contribution in [1.82, 2.24) is 0 Å². The van der Waals surface area contributed by atoms with Gasteiger partial charge in [0.25, 0.3) is 0 Å². The topological polar surface area (TPSA) is 6.48 Å². The third-order valence-electron chi connectivity index (χ3n) is 15.2. The van der Waals surface area contributed by atoms with Crippen LogP contribution in [0.5, 0.6) is 0 Å². The van der Waals surface area contributed by atoms with E-state index in [0.717, 1.165) is 34.1 Å². The molecule has 2 aliphatic carbocycles. The van der Waals surface area contributed by atoms with Crippen LogP contribution in [0.25, 0.3) is 55.6 Å². The molecule has 70 heavy (non-hydrogen) atoms. The van der Waals surface area contributed by atoms with Crippen LogP contribution in [0, 0.1) is 13.8 Å². The zero-order chi connectivity index (χ0) is 47.7. The molecule has 0 heterocycles. The van der Waals surface area contributed by atoms with Crippen molar-refractivity contribution in [1.29, 1.82) is 0 Å². The summed E-state index contributed by atoms with van der Waals surface area (Å²) in [6.07, 6.45) is 0. The van der Waals surface area contributed by atoms with E-state index in [4.69, 9.17) is 0 Å². The largest absolute Gasteiger partial charge is 0.311 e. The van der Waals surface area contributed by atoms with E-state index < -0.39 is 0 Å². The van der Waals surface area contributed by atoms with Crippen molar-refractivity contribution in [2.45, 2.75) is 52.4 Å². The Bertz CT molecular complexity index is 3570. The van der Waals surface area contributed by atoms with E-state index in [1.807, 2.05) is 0 Å². The average molecular weight is 901 g/mol. The van der Waals surface area contributed by atoms with E-state index in [1.54, 1.807) is 0 Å². The minimum atomic E-state index is -0.164. The first-order valence-electron chi connectivity index (χ1n) is 24.7. The van der Waals surface area contributed by atoms with Gasteiger partial charge in [-0.05, 0) is 183 Å². The fourth-order valence-corrected chi connectivity index (χ4v) is 11.3. The Morgan fingerprint density at radius 2 is 0.500 bits per heavy atom. The molecule has 12 rings (SSSR count). The second kappa shape index (κ2) is 16.8. The highest BCUT2D eigenvalue weighted by atomic mass is 15.1. The lowest BCUT2D eigenvalue weighted by molar-refractivity contribution is 0.660. The third-order valence-corrected chi connectivity index (χ3v) is 15.2. The maximum atomic E-state index is 2.43. The lowest BCUT2D eigenvalue weighted by atomic mass is 9.81. The molecule has 0 atom stereocenters. The van der Waals surface area contributed by atoms with Crippen LogP contribution in [0.3, 0.4) is 0 Å². The number of fused-ring (bicyclic) bond motifs is 6. The van der Waals surface area contributed by atoms with Gasteiger partial charge in [0.15, 0.2) is 0 Å². The first-order valence-corrected chi connectivity index (χ1v) is 24.7. The molecule has 0 amide bonds. The molecule has 0 spiro atoms. The maximum absolute atomic E-state index is 2.43. The summed E-state index contributed by atoms with van der Waals surface area (Å²) in [6, 6.07) is 85.3. The van der Waals surface area contributed by atoms with Gasteiger partial charge in [-0.2, -0.15) is 0 Å². The highest BCUT2D eigenvalue weighted by Crippen LogP contribution is 2.52. The van der Waals surface area contributed by atoms with Crippen molar-refractivity contribution in [3.05, 3.63) is 264 Å². The minimum Gasteiger partial charge on any atom is -0.311 e. The molecule has 0 aromatic heterocycles. The smallest absolute Gasteiger partial charge is 0.0462 e. The highest BCUT2D eigenvalue weighted by molar-refractivity contribution is 5.88. The van der Waals surface area contributed by atoms with Gasteiger partial charge >= 0.3 is 0 Å². The van der Waals surface area contributed by atoms with Crippen LogP contribution in [0.15, 0.2) is 231 Å². The maximum Gasteiger partial charge on any atom is 0.0462 e. The van der Waals surface area contributed by atoms with E-state index >= 15 is 0 Å². The van der Waals surface area contributed by atoms with Crippen LogP contribution in [-0.2, 0) is 10.8 Å². The van der Waals surface area contributed by atoms with Crippen molar-refractivity contribution in [3.8, 4) is 55.6 Å². The van der Waals surface area contributed by atoms with Gasteiger partial charge in [0.2, 0.25) is 0 Å². The van der Waals surface area contributed by atoms with E-state index in [0.29, 0.717) is 0 Å². The van der Waals surface area contributed by atoms with E-state index in [9.17, 15) is 0 Å². The molecule has 0 radical (unpaired) electrons. The quantitative estimate of drug-likeness (QED) is 0.142. The van der Waals surface area contributed by atoms with Crippen molar-refractivity contribution < 1.29 is 0 Å². The molecule has 0 N–H and O–H groups in total. The van der Waals surface area contributed by atoms with Gasteiger partial charge in [-0.15, -0.1) is 0 Å². The van der Waals surface area contributed by atoms with Gasteiger partial charge in [-0.3, -0.25) is 0 Å². The van der Waals surface area contributed by atoms with Gasteiger partial charge in [-0.25, -0.2) is 0 Å². The van der Waals surface area contributed by atoms with E-state index in [2.05, 4.69) is 282 Å². The summed E-state index contributed by atoms with van der Waals surface area (Å²) >= 11 is 0. The molecule has 10 aromatic rings. The number of para-hydroxylation sites is 2. The average Bonchev–Trinajstić information content (AvgIpc) is 3.76. The molecule has 0 unspecified atom stereocenters. The Balaban J connectivity index is 0.805. The fourth-order valence-electron chi connectivity index (χ4n) is 11.3. The van der Waals surface area contributed by atoms with Crippen LogP contribution in [-0.4, -0.2) is 0 Å². The van der Waals surface area contributed by atoms with Gasteiger partial charge in [0.05, 0.1) is 0 Å². The lowest BCUT2D eigenvalue weighted by Gasteiger charge is -2.26. The molecule has 2 heteroatoms. The molecule has 0 saturated carbocycles. The zero-order valence-corrected chi connectivity index (χ0v) is 40.8. The molecular weight excluding hydrogens is 845 g/mol. The Morgan fingerprint density at radius 1 is 0.243 bits per heavy atom. The van der Waals surface area contributed by atoms with Gasteiger partial charge in [0.1, 0.15) is 0 Å². The van der Waals surface area contributed by atoms with Crippen molar-refractivity contribution >= 4 is 34.1 Å². The van der Waals surface area contributed by atoms with Crippen LogP contribution in [0.1, 0.15) is 61.1 Å². The normalized spacial score (nSPS) is 13.5. The molecule has 0 aliphatic heterocycles. The molecule has 338 valence electrons. The third kappa shape index (κ3) is 7.34. The summed E-state index contributed by atoms with van der Waals surface area (Å²) in [4.78, 5) is 4.68. The van der Waals surface area contributed by atoms with Gasteiger partial charge < -0.3 is 9.80 Å². The summed E-state index contributed by atoms with van der Waals surface area (Å²) in [6.45, 7) is 13.8. The Kier molecular flexibility index (Phi) is 10.3. The van der Waals surface area contributed by atoms with Crippen LogP contribution in [0.4, 0.5) is 34.1 Å². The SMILES string of the molecule is Cc1ccc(N(c2ccccc2)c2ccc(-c3ccc4c(c3)C(C)(C)c3cc(-c5ccc(N(c6ccccc6)c6ccc(-c7ccc8c(c7)C(C)(C)c7cc(C)ccc7-8)cc6)cc5)ccc3-4)cc2)cc1. The van der Waals surface area contributed by atoms with Crippen molar-refractivity contribution in [2.24, 2.45) is 0 Å². The predicted octanol–water partition coefficient (Wildman–Crippen LogP) is 18.9. The monoisotopic (exact) mass is 900 g/mol. The molecule has 10 aromatic carbocycles. The van der Waals surface area contributed by atoms with E-state index in [1.165, 1.54) is 89.0 Å². The fraction of sp³-hybridized carbons (Fsp3) is 0.118. The molecule has 2 aliphatic rings. The first kappa shape index (κ1) is 43.1. The Hall–Kier alpha value is -8.20. The Labute approximate surface area is 413 Å².